The molecule has 2 heterocycles. The van der Waals surface area contributed by atoms with Crippen LogP contribution in [0.4, 0.5) is 0 Å². The number of hydrogen-bond donors (Lipinski definition) is 1. The van der Waals surface area contributed by atoms with Crippen LogP contribution in [0.1, 0.15) is 51.7 Å². The molecule has 1 saturated heterocycles. The minimum absolute atomic E-state index is 0.293. The summed E-state index contributed by atoms with van der Waals surface area (Å²) in [4.78, 5) is 7.01. The Morgan fingerprint density at radius 3 is 2.71 bits per heavy atom. The third-order valence-corrected chi connectivity index (χ3v) is 4.45. The van der Waals surface area contributed by atoms with Crippen molar-refractivity contribution in [3.05, 3.63) is 29.6 Å². The van der Waals surface area contributed by atoms with E-state index in [1.165, 1.54) is 24.0 Å². The van der Waals surface area contributed by atoms with Crippen LogP contribution < -0.4 is 5.32 Å². The summed E-state index contributed by atoms with van der Waals surface area (Å²) in [6.45, 7) is 14.7. The van der Waals surface area contributed by atoms with Crippen LogP contribution in [-0.4, -0.2) is 35.1 Å². The number of nitrogens with one attached hydrogen (secondary N) is 1. The van der Waals surface area contributed by atoms with E-state index in [9.17, 15) is 0 Å². The zero-order valence-corrected chi connectivity index (χ0v) is 14.3. The van der Waals surface area contributed by atoms with Gasteiger partial charge in [0.25, 0.3) is 0 Å². The second-order valence-corrected chi connectivity index (χ2v) is 7.58. The van der Waals surface area contributed by atoms with Gasteiger partial charge in [0.05, 0.1) is 0 Å². The fourth-order valence-corrected chi connectivity index (χ4v) is 3.39. The Balaban J connectivity index is 2.13. The summed E-state index contributed by atoms with van der Waals surface area (Å²) in [5, 5.41) is 3.75. The highest BCUT2D eigenvalue weighted by molar-refractivity contribution is 5.17. The van der Waals surface area contributed by atoms with Gasteiger partial charge in [0.2, 0.25) is 0 Å². The second kappa shape index (κ2) is 6.89. The third kappa shape index (κ3) is 4.52. The topological polar surface area (TPSA) is 28.2 Å². The molecule has 3 nitrogen and oxygen atoms in total. The van der Waals surface area contributed by atoms with E-state index in [0.29, 0.717) is 17.5 Å². The fourth-order valence-electron chi connectivity index (χ4n) is 3.39. The van der Waals surface area contributed by atoms with Gasteiger partial charge in [-0.1, -0.05) is 40.2 Å². The molecule has 1 N–H and O–H groups in total. The molecule has 1 aromatic heterocycles. The first-order valence-electron chi connectivity index (χ1n) is 8.28. The van der Waals surface area contributed by atoms with E-state index in [1.807, 2.05) is 12.4 Å². The van der Waals surface area contributed by atoms with E-state index >= 15 is 0 Å². The van der Waals surface area contributed by atoms with Crippen molar-refractivity contribution in [2.24, 2.45) is 5.41 Å². The lowest BCUT2D eigenvalue weighted by Gasteiger charge is -2.46. The van der Waals surface area contributed by atoms with Crippen LogP contribution in [0.25, 0.3) is 0 Å². The van der Waals surface area contributed by atoms with Crippen molar-refractivity contribution in [2.75, 3.05) is 13.1 Å². The van der Waals surface area contributed by atoms with E-state index in [2.05, 4.69) is 55.9 Å². The van der Waals surface area contributed by atoms with Gasteiger partial charge in [0.15, 0.2) is 0 Å². The largest absolute Gasteiger partial charge is 0.311 e. The highest BCUT2D eigenvalue weighted by Gasteiger charge is 2.35. The van der Waals surface area contributed by atoms with Gasteiger partial charge in [0.1, 0.15) is 0 Å². The maximum absolute atomic E-state index is 4.35. The van der Waals surface area contributed by atoms with Crippen LogP contribution in [0.15, 0.2) is 18.5 Å². The zero-order chi connectivity index (χ0) is 15.5. The van der Waals surface area contributed by atoms with Gasteiger partial charge >= 0.3 is 0 Å². The van der Waals surface area contributed by atoms with Crippen LogP contribution in [0.5, 0.6) is 0 Å². The number of piperazine rings is 1. The molecule has 0 saturated carbocycles. The summed E-state index contributed by atoms with van der Waals surface area (Å²) >= 11 is 0. The molecule has 2 atom stereocenters. The lowest BCUT2D eigenvalue weighted by Crippen LogP contribution is -2.60. The number of pyridine rings is 1. The van der Waals surface area contributed by atoms with Crippen molar-refractivity contribution in [3.63, 3.8) is 0 Å². The van der Waals surface area contributed by atoms with Gasteiger partial charge < -0.3 is 5.32 Å². The summed E-state index contributed by atoms with van der Waals surface area (Å²) in [6, 6.07) is 3.47. The summed E-state index contributed by atoms with van der Waals surface area (Å²) in [7, 11) is 0. The van der Waals surface area contributed by atoms with Gasteiger partial charge in [-0.15, -0.1) is 0 Å². The van der Waals surface area contributed by atoms with Gasteiger partial charge in [-0.3, -0.25) is 9.88 Å². The van der Waals surface area contributed by atoms with Gasteiger partial charge in [-0.2, -0.15) is 0 Å². The monoisotopic (exact) mass is 289 g/mol. The number of aromatic nitrogens is 1. The predicted octanol–water partition coefficient (Wildman–Crippen LogP) is 3.38. The molecule has 0 bridgehead atoms. The number of rotatable bonds is 4. The Labute approximate surface area is 130 Å². The zero-order valence-electron chi connectivity index (χ0n) is 14.3. The molecule has 0 spiro atoms. The Hall–Kier alpha value is -0.930. The average molecular weight is 289 g/mol. The molecule has 0 radical (unpaired) electrons. The van der Waals surface area contributed by atoms with Crippen molar-refractivity contribution >= 4 is 0 Å². The van der Waals surface area contributed by atoms with Crippen LogP contribution in [0.3, 0.4) is 0 Å². The number of aryl methyl sites for hydroxylation is 1. The Kier molecular flexibility index (Phi) is 5.39. The summed E-state index contributed by atoms with van der Waals surface area (Å²) < 4.78 is 0. The molecule has 3 heteroatoms. The quantitative estimate of drug-likeness (QED) is 0.921. The van der Waals surface area contributed by atoms with E-state index in [0.717, 1.165) is 19.6 Å². The smallest absolute Gasteiger partial charge is 0.0313 e. The number of hydrogen-bond acceptors (Lipinski definition) is 3. The average Bonchev–Trinajstić information content (AvgIpc) is 2.38. The van der Waals surface area contributed by atoms with Gasteiger partial charge in [-0.25, -0.2) is 0 Å². The molecule has 0 amide bonds. The standard InChI is InChI=1S/C18H31N3/c1-6-7-16-13-21(17(11-20-16)18(3,4)5)12-15-8-14(2)9-19-10-15/h8-10,16-17,20H,6-7,11-13H2,1-5H3. The number of nitrogens with zero attached hydrogens (tertiary/aromatic N) is 2. The minimum atomic E-state index is 0.293. The Morgan fingerprint density at radius 2 is 2.10 bits per heavy atom. The van der Waals surface area contributed by atoms with Crippen molar-refractivity contribution in [1.82, 2.24) is 15.2 Å². The normalized spacial score (nSPS) is 24.2. The molecular weight excluding hydrogens is 258 g/mol. The highest BCUT2D eigenvalue weighted by Crippen LogP contribution is 2.28. The first-order chi connectivity index (χ1) is 9.90. The van der Waals surface area contributed by atoms with Crippen LogP contribution in [0, 0.1) is 12.3 Å². The summed E-state index contributed by atoms with van der Waals surface area (Å²) in [5.74, 6) is 0. The van der Waals surface area contributed by atoms with Crippen LogP contribution in [0.2, 0.25) is 0 Å². The van der Waals surface area contributed by atoms with E-state index in [4.69, 9.17) is 0 Å². The molecule has 2 unspecified atom stereocenters. The summed E-state index contributed by atoms with van der Waals surface area (Å²) in [6.07, 6.45) is 6.46. The van der Waals surface area contributed by atoms with Crippen molar-refractivity contribution < 1.29 is 0 Å². The van der Waals surface area contributed by atoms with E-state index in [1.54, 1.807) is 0 Å². The lowest BCUT2D eigenvalue weighted by molar-refractivity contribution is 0.0474. The molecule has 1 fully saturated rings. The Morgan fingerprint density at radius 1 is 1.33 bits per heavy atom. The van der Waals surface area contributed by atoms with Gasteiger partial charge in [-0.05, 0) is 29.9 Å². The highest BCUT2D eigenvalue weighted by atomic mass is 15.2. The van der Waals surface area contributed by atoms with Crippen molar-refractivity contribution in [2.45, 2.75) is 66.1 Å². The van der Waals surface area contributed by atoms with Crippen molar-refractivity contribution in [3.8, 4) is 0 Å². The SMILES string of the molecule is CCCC1CN(Cc2cncc(C)c2)C(C(C)(C)C)CN1. The molecule has 118 valence electrons. The molecule has 2 rings (SSSR count). The minimum Gasteiger partial charge on any atom is -0.311 e. The van der Waals surface area contributed by atoms with Crippen LogP contribution in [-0.2, 0) is 6.54 Å². The molecule has 21 heavy (non-hydrogen) atoms. The maximum Gasteiger partial charge on any atom is 0.0313 e. The molecule has 1 aromatic rings. The van der Waals surface area contributed by atoms with Crippen LogP contribution >= 0.6 is 0 Å². The lowest BCUT2D eigenvalue weighted by atomic mass is 9.83. The Bertz CT molecular complexity index is 450. The molecular formula is C18H31N3. The van der Waals surface area contributed by atoms with E-state index in [-0.39, 0.29) is 0 Å². The molecule has 1 aliphatic heterocycles. The summed E-state index contributed by atoms with van der Waals surface area (Å²) in [5.41, 5.74) is 2.88. The maximum atomic E-state index is 4.35. The molecule has 0 aliphatic carbocycles. The molecule has 0 aromatic carbocycles. The second-order valence-electron chi connectivity index (χ2n) is 7.58. The van der Waals surface area contributed by atoms with E-state index < -0.39 is 0 Å². The van der Waals surface area contributed by atoms with Crippen molar-refractivity contribution in [1.29, 1.82) is 0 Å². The molecule has 1 aliphatic rings. The first kappa shape index (κ1) is 16.4. The van der Waals surface area contributed by atoms with Gasteiger partial charge in [0, 0.05) is 44.1 Å². The fraction of sp³-hybridized carbons (Fsp3) is 0.722. The first-order valence-corrected chi connectivity index (χ1v) is 8.28. The third-order valence-electron chi connectivity index (χ3n) is 4.45. The predicted molar refractivity (Wildman–Crippen MR) is 89.3 cm³/mol.